The summed E-state index contributed by atoms with van der Waals surface area (Å²) in [6.07, 6.45) is 0. The third-order valence-corrected chi connectivity index (χ3v) is 5.20. The maximum Gasteiger partial charge on any atom is 0.323 e. The number of urea groups is 1. The first kappa shape index (κ1) is 24.2. The van der Waals surface area contributed by atoms with E-state index in [1.165, 1.54) is 0 Å². The van der Waals surface area contributed by atoms with Crippen molar-refractivity contribution in [3.8, 4) is 5.69 Å². The molecule has 36 heavy (non-hydrogen) atoms. The van der Waals surface area contributed by atoms with Crippen molar-refractivity contribution >= 4 is 40.7 Å². The average Bonchev–Trinajstić information content (AvgIpc) is 3.19. The zero-order valence-corrected chi connectivity index (χ0v) is 20.1. The van der Waals surface area contributed by atoms with Crippen LogP contribution in [0.4, 0.5) is 27.7 Å². The molecule has 182 valence electrons. The predicted octanol–water partition coefficient (Wildman–Crippen LogP) is 5.02. The number of nitrogens with one attached hydrogen (secondary N) is 4. The van der Waals surface area contributed by atoms with Gasteiger partial charge in [0.05, 0.1) is 5.69 Å². The van der Waals surface area contributed by atoms with E-state index in [4.69, 9.17) is 0 Å². The van der Waals surface area contributed by atoms with Gasteiger partial charge in [-0.3, -0.25) is 9.59 Å². The summed E-state index contributed by atoms with van der Waals surface area (Å²) in [5.41, 5.74) is 5.32. The first-order chi connectivity index (χ1) is 17.3. The molecule has 0 aliphatic heterocycles. The molecule has 1 aromatic heterocycles. The fraction of sp³-hybridized carbons (Fsp3) is 0.111. The monoisotopic (exact) mass is 482 g/mol. The Balaban J connectivity index is 1.37. The summed E-state index contributed by atoms with van der Waals surface area (Å²) < 4.78 is 1.71. The fourth-order valence-electron chi connectivity index (χ4n) is 3.72. The first-order valence-electron chi connectivity index (χ1n) is 11.3. The van der Waals surface area contributed by atoms with Gasteiger partial charge in [-0.15, -0.1) is 5.10 Å². The largest absolute Gasteiger partial charge is 0.323 e. The topological polar surface area (TPSA) is 117 Å². The summed E-state index contributed by atoms with van der Waals surface area (Å²) in [6.45, 7) is 5.87. The smallest absolute Gasteiger partial charge is 0.318 e. The summed E-state index contributed by atoms with van der Waals surface area (Å²) in [4.78, 5) is 37.2. The van der Waals surface area contributed by atoms with Crippen molar-refractivity contribution in [2.45, 2.75) is 20.8 Å². The van der Waals surface area contributed by atoms with Gasteiger partial charge in [0.15, 0.2) is 5.82 Å². The van der Waals surface area contributed by atoms with E-state index in [-0.39, 0.29) is 5.82 Å². The third-order valence-electron chi connectivity index (χ3n) is 5.20. The number of carbonyl (C=O) groups is 3. The summed E-state index contributed by atoms with van der Waals surface area (Å²) >= 11 is 0. The number of nitrogens with zero attached hydrogens (tertiary/aromatic N) is 2. The molecule has 4 rings (SSSR count). The minimum absolute atomic E-state index is 0.264. The predicted molar refractivity (Wildman–Crippen MR) is 141 cm³/mol. The molecule has 0 unspecified atom stereocenters. The lowest BCUT2D eigenvalue weighted by molar-refractivity contribution is -0.133. The number of rotatable bonds is 5. The van der Waals surface area contributed by atoms with Crippen molar-refractivity contribution in [1.82, 2.24) is 9.78 Å². The number of amides is 4. The van der Waals surface area contributed by atoms with E-state index in [1.807, 2.05) is 51.1 Å². The Morgan fingerprint density at radius 2 is 1.22 bits per heavy atom. The van der Waals surface area contributed by atoms with E-state index in [0.29, 0.717) is 17.1 Å². The van der Waals surface area contributed by atoms with Crippen LogP contribution in [0.25, 0.3) is 5.69 Å². The van der Waals surface area contributed by atoms with E-state index in [1.54, 1.807) is 47.1 Å². The van der Waals surface area contributed by atoms with Gasteiger partial charge in [-0.1, -0.05) is 30.3 Å². The molecule has 4 amide bonds. The molecule has 9 heteroatoms. The van der Waals surface area contributed by atoms with Crippen LogP contribution in [0, 0.1) is 20.8 Å². The second kappa shape index (κ2) is 10.6. The molecule has 0 saturated heterocycles. The normalized spacial score (nSPS) is 10.4. The van der Waals surface area contributed by atoms with Crippen molar-refractivity contribution in [1.29, 1.82) is 0 Å². The maximum absolute atomic E-state index is 12.5. The van der Waals surface area contributed by atoms with E-state index in [2.05, 4.69) is 32.4 Å². The van der Waals surface area contributed by atoms with Gasteiger partial charge in [-0.05, 0) is 74.4 Å². The molecule has 3 aromatic carbocycles. The van der Waals surface area contributed by atoms with Gasteiger partial charge >= 0.3 is 17.8 Å². The molecule has 0 saturated carbocycles. The Labute approximate surface area is 208 Å². The summed E-state index contributed by atoms with van der Waals surface area (Å²) in [5.74, 6) is -1.46. The fourth-order valence-corrected chi connectivity index (χ4v) is 3.72. The molecule has 1 heterocycles. The van der Waals surface area contributed by atoms with Crippen LogP contribution in [-0.4, -0.2) is 27.6 Å². The molecule has 0 atom stereocenters. The second-order valence-electron chi connectivity index (χ2n) is 8.36. The van der Waals surface area contributed by atoms with E-state index >= 15 is 0 Å². The van der Waals surface area contributed by atoms with Gasteiger partial charge in [0.1, 0.15) is 0 Å². The molecular formula is C27H26N6O3. The number of anilines is 4. The summed E-state index contributed by atoms with van der Waals surface area (Å²) in [7, 11) is 0. The highest BCUT2D eigenvalue weighted by Crippen LogP contribution is 2.19. The second-order valence-corrected chi connectivity index (χ2v) is 8.36. The molecule has 0 bridgehead atoms. The van der Waals surface area contributed by atoms with Crippen molar-refractivity contribution in [3.05, 3.63) is 95.7 Å². The molecule has 0 fully saturated rings. The standard InChI is InChI=1S/C27H26N6O3/c1-17-12-18(2)14-23(13-17)33-19(3)15-24(32-33)31-26(35)25(34)28-21-10-7-11-22(16-21)30-27(36)29-20-8-5-4-6-9-20/h4-16H,1-3H3,(H,28,34)(H2,29,30,36)(H,31,32,35). The number of hydrogen-bond donors (Lipinski definition) is 4. The zero-order chi connectivity index (χ0) is 25.7. The number of aromatic nitrogens is 2. The van der Waals surface area contributed by atoms with Gasteiger partial charge in [0.25, 0.3) is 0 Å². The number of hydrogen-bond acceptors (Lipinski definition) is 4. The highest BCUT2D eigenvalue weighted by atomic mass is 16.2. The van der Waals surface area contributed by atoms with Crippen LogP contribution in [0.15, 0.2) is 78.9 Å². The first-order valence-corrected chi connectivity index (χ1v) is 11.3. The molecule has 0 spiro atoms. The highest BCUT2D eigenvalue weighted by molar-refractivity contribution is 6.43. The quantitative estimate of drug-likeness (QED) is 0.299. The maximum atomic E-state index is 12.5. The Morgan fingerprint density at radius 1 is 0.639 bits per heavy atom. The van der Waals surface area contributed by atoms with Crippen LogP contribution in [0.3, 0.4) is 0 Å². The Bertz CT molecular complexity index is 1410. The molecule has 0 radical (unpaired) electrons. The number of carbonyl (C=O) groups excluding carboxylic acids is 3. The number of aryl methyl sites for hydroxylation is 3. The molecule has 0 aliphatic rings. The van der Waals surface area contributed by atoms with Crippen LogP contribution in [-0.2, 0) is 9.59 Å². The Hall–Kier alpha value is -4.92. The minimum Gasteiger partial charge on any atom is -0.318 e. The molecule has 9 nitrogen and oxygen atoms in total. The Morgan fingerprint density at radius 3 is 1.92 bits per heavy atom. The van der Waals surface area contributed by atoms with Gasteiger partial charge in [-0.2, -0.15) is 0 Å². The van der Waals surface area contributed by atoms with Gasteiger partial charge in [-0.25, -0.2) is 9.48 Å². The van der Waals surface area contributed by atoms with E-state index < -0.39 is 17.8 Å². The molecule has 4 aromatic rings. The van der Waals surface area contributed by atoms with E-state index in [9.17, 15) is 14.4 Å². The van der Waals surface area contributed by atoms with Crippen LogP contribution in [0.1, 0.15) is 16.8 Å². The van der Waals surface area contributed by atoms with Crippen molar-refractivity contribution in [2.75, 3.05) is 21.3 Å². The average molecular weight is 483 g/mol. The zero-order valence-electron chi connectivity index (χ0n) is 20.1. The van der Waals surface area contributed by atoms with Crippen LogP contribution >= 0.6 is 0 Å². The number of para-hydroxylation sites is 1. The van der Waals surface area contributed by atoms with Crippen LogP contribution < -0.4 is 21.3 Å². The van der Waals surface area contributed by atoms with Gasteiger partial charge in [0.2, 0.25) is 0 Å². The van der Waals surface area contributed by atoms with Gasteiger partial charge < -0.3 is 21.3 Å². The minimum atomic E-state index is -0.862. The van der Waals surface area contributed by atoms with Crippen molar-refractivity contribution in [3.63, 3.8) is 0 Å². The lowest BCUT2D eigenvalue weighted by Crippen LogP contribution is -2.29. The lowest BCUT2D eigenvalue weighted by Gasteiger charge is -2.10. The highest BCUT2D eigenvalue weighted by Gasteiger charge is 2.17. The van der Waals surface area contributed by atoms with E-state index in [0.717, 1.165) is 22.5 Å². The molecule has 0 aliphatic carbocycles. The Kier molecular flexibility index (Phi) is 7.10. The lowest BCUT2D eigenvalue weighted by atomic mass is 10.1. The van der Waals surface area contributed by atoms with Crippen LogP contribution in [0.2, 0.25) is 0 Å². The third kappa shape index (κ3) is 6.15. The summed E-state index contributed by atoms with van der Waals surface area (Å²) in [6, 6.07) is 22.8. The molecule has 4 N–H and O–H groups in total. The summed E-state index contributed by atoms with van der Waals surface area (Å²) in [5, 5.41) is 14.9. The van der Waals surface area contributed by atoms with Crippen LogP contribution in [0.5, 0.6) is 0 Å². The van der Waals surface area contributed by atoms with Crippen molar-refractivity contribution in [2.24, 2.45) is 0 Å². The van der Waals surface area contributed by atoms with Gasteiger partial charge in [0, 0.05) is 28.8 Å². The number of benzene rings is 3. The van der Waals surface area contributed by atoms with Crippen molar-refractivity contribution < 1.29 is 14.4 Å². The molecular weight excluding hydrogens is 456 g/mol. The SMILES string of the molecule is Cc1cc(C)cc(-n2nc(NC(=O)C(=O)Nc3cccc(NC(=O)Nc4ccccc4)c3)cc2C)c1.